The Balaban J connectivity index is 1.35. The van der Waals surface area contributed by atoms with Crippen LogP contribution in [-0.4, -0.2) is 64.0 Å². The van der Waals surface area contributed by atoms with E-state index >= 15 is 0 Å². The maximum absolute atomic E-state index is 12.2. The third kappa shape index (κ3) is 3.78. The lowest BCUT2D eigenvalue weighted by Crippen LogP contribution is -2.47. The lowest BCUT2D eigenvalue weighted by molar-refractivity contribution is -0.0274. The Kier molecular flexibility index (Phi) is 4.73. The minimum atomic E-state index is -0.109. The Morgan fingerprint density at radius 2 is 2.23 bits per heavy atom. The Labute approximate surface area is 151 Å². The summed E-state index contributed by atoms with van der Waals surface area (Å²) in [5.74, 6) is 2.42. The highest BCUT2D eigenvalue weighted by molar-refractivity contribution is 5.34. The molecule has 1 aliphatic heterocycles. The smallest absolute Gasteiger partial charge is 0.293 e. The summed E-state index contributed by atoms with van der Waals surface area (Å²) in [5.41, 5.74) is -0.109. The molecule has 4 rings (SSSR count). The van der Waals surface area contributed by atoms with Gasteiger partial charge in [-0.05, 0) is 12.8 Å². The van der Waals surface area contributed by atoms with Gasteiger partial charge in [-0.15, -0.1) is 0 Å². The summed E-state index contributed by atoms with van der Waals surface area (Å²) in [7, 11) is 3.59. The van der Waals surface area contributed by atoms with Gasteiger partial charge >= 0.3 is 0 Å². The third-order valence-corrected chi connectivity index (χ3v) is 4.84. The molecule has 0 unspecified atom stereocenters. The first kappa shape index (κ1) is 17.2. The monoisotopic (exact) mass is 360 g/mol. The molecule has 2 aliphatic rings. The fraction of sp³-hybridized carbons (Fsp3) is 0.647. The highest BCUT2D eigenvalue weighted by Gasteiger charge is 2.30. The number of morpholine rings is 1. The lowest BCUT2D eigenvalue weighted by Gasteiger charge is -2.34. The van der Waals surface area contributed by atoms with Crippen LogP contribution in [0.3, 0.4) is 0 Å². The molecule has 0 radical (unpaired) electrons. The van der Waals surface area contributed by atoms with Gasteiger partial charge in [0.15, 0.2) is 11.6 Å². The third-order valence-electron chi connectivity index (χ3n) is 4.84. The number of ether oxygens (including phenoxy) is 1. The van der Waals surface area contributed by atoms with Gasteiger partial charge in [-0.25, -0.2) is 4.98 Å². The fourth-order valence-corrected chi connectivity index (χ4v) is 3.20. The first-order valence-electron chi connectivity index (χ1n) is 8.99. The molecule has 1 atom stereocenters. The van der Waals surface area contributed by atoms with Gasteiger partial charge in [-0.3, -0.25) is 9.69 Å². The van der Waals surface area contributed by atoms with E-state index in [0.717, 1.165) is 37.6 Å². The first-order chi connectivity index (χ1) is 12.6. The zero-order valence-corrected chi connectivity index (χ0v) is 15.2. The van der Waals surface area contributed by atoms with E-state index in [9.17, 15) is 4.79 Å². The summed E-state index contributed by atoms with van der Waals surface area (Å²) in [5, 5.41) is 4.09. The van der Waals surface area contributed by atoms with Gasteiger partial charge in [0, 0.05) is 52.0 Å². The predicted octanol–water partition coefficient (Wildman–Crippen LogP) is 0.378. The van der Waals surface area contributed by atoms with Gasteiger partial charge in [0.05, 0.1) is 19.3 Å². The molecule has 1 saturated heterocycles. The molecule has 9 nitrogen and oxygen atoms in total. The minimum absolute atomic E-state index is 0.00438. The molecule has 9 heteroatoms. The van der Waals surface area contributed by atoms with Crippen molar-refractivity contribution in [1.29, 1.82) is 0 Å². The fourth-order valence-electron chi connectivity index (χ4n) is 3.20. The molecule has 0 spiro atoms. The largest absolute Gasteiger partial charge is 0.374 e. The quantitative estimate of drug-likeness (QED) is 0.730. The Morgan fingerprint density at radius 1 is 1.38 bits per heavy atom. The summed E-state index contributed by atoms with van der Waals surface area (Å²) in [6.45, 7) is 3.49. The summed E-state index contributed by atoms with van der Waals surface area (Å²) >= 11 is 0. The molecule has 1 saturated carbocycles. The van der Waals surface area contributed by atoms with Crippen LogP contribution in [0.25, 0.3) is 0 Å². The average Bonchev–Trinajstić information content (AvgIpc) is 3.37. The number of likely N-dealkylation sites (N-methyl/N-ethyl adjacent to an activating group) is 1. The number of hydrogen-bond acceptors (Lipinski definition) is 8. The zero-order valence-electron chi connectivity index (χ0n) is 15.2. The number of nitrogens with zero attached hydrogens (tertiary/aromatic N) is 6. The highest BCUT2D eigenvalue weighted by atomic mass is 16.5. The molecule has 1 aliphatic carbocycles. The van der Waals surface area contributed by atoms with Gasteiger partial charge in [0.25, 0.3) is 5.56 Å². The van der Waals surface area contributed by atoms with Crippen molar-refractivity contribution >= 4 is 5.82 Å². The maximum atomic E-state index is 12.2. The summed E-state index contributed by atoms with van der Waals surface area (Å²) in [6.07, 6.45) is 5.59. The van der Waals surface area contributed by atoms with Crippen LogP contribution in [0.5, 0.6) is 0 Å². The molecule has 3 heterocycles. The van der Waals surface area contributed by atoms with Crippen molar-refractivity contribution in [3.63, 3.8) is 0 Å². The minimum Gasteiger partial charge on any atom is -0.374 e. The molecule has 0 aromatic carbocycles. The van der Waals surface area contributed by atoms with Crippen LogP contribution < -0.4 is 10.5 Å². The van der Waals surface area contributed by atoms with Gasteiger partial charge in [0.2, 0.25) is 5.89 Å². The van der Waals surface area contributed by atoms with Crippen molar-refractivity contribution in [3.05, 3.63) is 34.5 Å². The van der Waals surface area contributed by atoms with Crippen molar-refractivity contribution in [1.82, 2.24) is 24.6 Å². The summed E-state index contributed by atoms with van der Waals surface area (Å²) < 4.78 is 12.7. The van der Waals surface area contributed by atoms with Crippen molar-refractivity contribution in [2.24, 2.45) is 7.05 Å². The van der Waals surface area contributed by atoms with Crippen molar-refractivity contribution in [2.75, 3.05) is 38.2 Å². The molecule has 140 valence electrons. The molecular formula is C17H24N6O3. The van der Waals surface area contributed by atoms with Crippen LogP contribution in [0, 0.1) is 0 Å². The Hall–Kier alpha value is -2.26. The van der Waals surface area contributed by atoms with Crippen LogP contribution >= 0.6 is 0 Å². The maximum Gasteiger partial charge on any atom is 0.293 e. The van der Waals surface area contributed by atoms with Gasteiger partial charge < -0.3 is 18.7 Å². The van der Waals surface area contributed by atoms with Crippen LogP contribution in [0.4, 0.5) is 5.82 Å². The molecule has 2 fully saturated rings. The number of aromatic nitrogens is 4. The number of anilines is 1. The molecule has 2 aromatic heterocycles. The molecule has 0 amide bonds. The van der Waals surface area contributed by atoms with Crippen molar-refractivity contribution in [3.8, 4) is 0 Å². The van der Waals surface area contributed by atoms with Gasteiger partial charge in [0.1, 0.15) is 0 Å². The highest BCUT2D eigenvalue weighted by Crippen LogP contribution is 2.38. The second-order valence-electron chi connectivity index (χ2n) is 7.10. The summed E-state index contributed by atoms with van der Waals surface area (Å²) in [4.78, 5) is 25.0. The lowest BCUT2D eigenvalue weighted by atomic mass is 10.2. The van der Waals surface area contributed by atoms with E-state index in [-0.39, 0.29) is 11.7 Å². The van der Waals surface area contributed by atoms with Crippen molar-refractivity contribution in [2.45, 2.75) is 31.4 Å². The van der Waals surface area contributed by atoms with E-state index in [2.05, 4.69) is 20.0 Å². The van der Waals surface area contributed by atoms with Crippen LogP contribution in [-0.2, 0) is 18.3 Å². The molecule has 2 aromatic rings. The average molecular weight is 360 g/mol. The van der Waals surface area contributed by atoms with Crippen LogP contribution in [0.1, 0.15) is 30.5 Å². The van der Waals surface area contributed by atoms with E-state index in [1.54, 1.807) is 19.4 Å². The van der Waals surface area contributed by atoms with Crippen molar-refractivity contribution < 1.29 is 9.26 Å². The first-order valence-corrected chi connectivity index (χ1v) is 8.99. The standard InChI is InChI=1S/C17H24N6O3/c1-21-6-5-18-15(17(21)24)22(2)9-13-10-23(7-8-25-13)11-14-19-16(26-20-14)12-3-4-12/h5-6,12-13H,3-4,7-11H2,1-2H3/t13-/m1/s1. The van der Waals surface area contributed by atoms with E-state index in [1.807, 2.05) is 11.9 Å². The zero-order chi connectivity index (χ0) is 18.1. The number of aryl methyl sites for hydroxylation is 1. The normalized spacial score (nSPS) is 21.1. The molecule has 0 N–H and O–H groups in total. The van der Waals surface area contributed by atoms with E-state index in [1.165, 1.54) is 4.57 Å². The molecule has 0 bridgehead atoms. The second kappa shape index (κ2) is 7.16. The van der Waals surface area contributed by atoms with Crippen LogP contribution in [0.2, 0.25) is 0 Å². The Morgan fingerprint density at radius 3 is 3.04 bits per heavy atom. The predicted molar refractivity (Wildman–Crippen MR) is 94.0 cm³/mol. The number of rotatable bonds is 6. The van der Waals surface area contributed by atoms with Crippen LogP contribution in [0.15, 0.2) is 21.7 Å². The number of hydrogen-bond donors (Lipinski definition) is 0. The second-order valence-corrected chi connectivity index (χ2v) is 7.10. The van der Waals surface area contributed by atoms with E-state index < -0.39 is 0 Å². The van der Waals surface area contributed by atoms with E-state index in [4.69, 9.17) is 9.26 Å². The Bertz CT molecular complexity index is 815. The molecular weight excluding hydrogens is 336 g/mol. The molecule has 26 heavy (non-hydrogen) atoms. The van der Waals surface area contributed by atoms with E-state index in [0.29, 0.717) is 31.4 Å². The van der Waals surface area contributed by atoms with Gasteiger partial charge in [-0.2, -0.15) is 4.98 Å². The topological polar surface area (TPSA) is 89.5 Å². The van der Waals surface area contributed by atoms with Gasteiger partial charge in [-0.1, -0.05) is 5.16 Å². The summed E-state index contributed by atoms with van der Waals surface area (Å²) in [6, 6.07) is 0. The SMILES string of the molecule is CN(C[C@@H]1CN(Cc2noc(C3CC3)n2)CCO1)c1nccn(C)c1=O.